The number of thioether (sulfide) groups is 1. The van der Waals surface area contributed by atoms with E-state index < -0.39 is 4.92 Å². The van der Waals surface area contributed by atoms with Crippen LogP contribution in [0.4, 0.5) is 11.4 Å². The van der Waals surface area contributed by atoms with Crippen molar-refractivity contribution in [2.75, 3.05) is 11.1 Å². The Morgan fingerprint density at radius 3 is 2.69 bits per heavy atom. The molecule has 0 aliphatic heterocycles. The number of amides is 1. The Morgan fingerprint density at radius 2 is 1.91 bits per heavy atom. The average Bonchev–Trinajstić information content (AvgIpc) is 3.20. The Hall–Kier alpha value is -4.12. The molecule has 1 amide bonds. The van der Waals surface area contributed by atoms with Crippen LogP contribution < -0.4 is 5.32 Å². The molecule has 32 heavy (non-hydrogen) atoms. The standard InChI is InChI=1S/C21H16N6O4S/c1-13(28)14-4-2-6-16(10-14)22-20(29)12-32-21-24-23-19-9-8-18(25-26(19)21)15-5-3-7-17(11-15)27(30)31/h2-11H,12H2,1H3,(H,22,29). The molecule has 11 heteroatoms. The van der Waals surface area contributed by atoms with E-state index >= 15 is 0 Å². The molecule has 0 saturated heterocycles. The summed E-state index contributed by atoms with van der Waals surface area (Å²) in [7, 11) is 0. The number of nitro benzene ring substituents is 1. The number of carbonyl (C=O) groups excluding carboxylic acids is 2. The van der Waals surface area contributed by atoms with E-state index in [2.05, 4.69) is 20.6 Å². The molecule has 0 spiro atoms. The van der Waals surface area contributed by atoms with Gasteiger partial charge in [-0.1, -0.05) is 36.0 Å². The van der Waals surface area contributed by atoms with Gasteiger partial charge in [-0.15, -0.1) is 10.2 Å². The quantitative estimate of drug-likeness (QED) is 0.196. The fourth-order valence-corrected chi connectivity index (χ4v) is 3.62. The van der Waals surface area contributed by atoms with Crippen molar-refractivity contribution in [1.82, 2.24) is 19.8 Å². The van der Waals surface area contributed by atoms with Crippen molar-refractivity contribution in [2.24, 2.45) is 0 Å². The molecular weight excluding hydrogens is 432 g/mol. The lowest BCUT2D eigenvalue weighted by Gasteiger charge is -2.06. The van der Waals surface area contributed by atoms with Gasteiger partial charge in [0.25, 0.3) is 5.69 Å². The third-order valence-electron chi connectivity index (χ3n) is 4.47. The maximum atomic E-state index is 12.4. The van der Waals surface area contributed by atoms with Crippen LogP contribution in [-0.4, -0.2) is 42.2 Å². The van der Waals surface area contributed by atoms with Crippen molar-refractivity contribution in [3.05, 3.63) is 76.3 Å². The summed E-state index contributed by atoms with van der Waals surface area (Å²) in [6, 6.07) is 16.3. The zero-order chi connectivity index (χ0) is 22.7. The van der Waals surface area contributed by atoms with Crippen LogP contribution in [-0.2, 0) is 4.79 Å². The summed E-state index contributed by atoms with van der Waals surface area (Å²) in [5.41, 5.74) is 2.57. The number of fused-ring (bicyclic) bond motifs is 1. The first-order valence-electron chi connectivity index (χ1n) is 9.41. The highest BCUT2D eigenvalue weighted by atomic mass is 32.2. The van der Waals surface area contributed by atoms with E-state index in [9.17, 15) is 19.7 Å². The van der Waals surface area contributed by atoms with Crippen molar-refractivity contribution >= 4 is 40.5 Å². The first kappa shape index (κ1) is 21.1. The highest BCUT2D eigenvalue weighted by molar-refractivity contribution is 7.99. The second-order valence-corrected chi connectivity index (χ2v) is 7.69. The zero-order valence-corrected chi connectivity index (χ0v) is 17.6. The lowest BCUT2D eigenvalue weighted by atomic mass is 10.1. The number of non-ortho nitro benzene ring substituents is 1. The molecule has 0 bridgehead atoms. The Labute approximate surface area is 185 Å². The number of Topliss-reactive ketones (excluding diaryl/α,β-unsaturated/α-hetero) is 1. The Kier molecular flexibility index (Phi) is 5.90. The SMILES string of the molecule is CC(=O)c1cccc(NC(=O)CSc2nnc3ccc(-c4cccc([N+](=O)[O-])c4)nn23)c1. The van der Waals surface area contributed by atoms with Gasteiger partial charge in [0.15, 0.2) is 11.4 Å². The molecule has 4 rings (SSSR count). The zero-order valence-electron chi connectivity index (χ0n) is 16.8. The Bertz CT molecular complexity index is 1350. The summed E-state index contributed by atoms with van der Waals surface area (Å²) < 4.78 is 1.49. The van der Waals surface area contributed by atoms with Gasteiger partial charge in [-0.3, -0.25) is 19.7 Å². The van der Waals surface area contributed by atoms with Gasteiger partial charge in [0.2, 0.25) is 11.1 Å². The van der Waals surface area contributed by atoms with E-state index in [4.69, 9.17) is 0 Å². The molecular formula is C21H16N6O4S. The van der Waals surface area contributed by atoms with E-state index in [1.807, 2.05) is 0 Å². The molecule has 4 aromatic rings. The van der Waals surface area contributed by atoms with Crippen LogP contribution in [0.25, 0.3) is 16.9 Å². The van der Waals surface area contributed by atoms with Crippen LogP contribution in [0.15, 0.2) is 65.8 Å². The summed E-state index contributed by atoms with van der Waals surface area (Å²) in [5, 5.41) is 26.8. The Morgan fingerprint density at radius 1 is 1.09 bits per heavy atom. The van der Waals surface area contributed by atoms with E-state index in [1.165, 1.54) is 23.6 Å². The van der Waals surface area contributed by atoms with E-state index in [-0.39, 0.29) is 23.1 Å². The highest BCUT2D eigenvalue weighted by Crippen LogP contribution is 2.24. The van der Waals surface area contributed by atoms with Gasteiger partial charge < -0.3 is 5.32 Å². The first-order chi connectivity index (χ1) is 15.4. The van der Waals surface area contributed by atoms with Gasteiger partial charge in [0.05, 0.1) is 16.4 Å². The molecule has 160 valence electrons. The minimum atomic E-state index is -0.465. The number of hydrogen-bond acceptors (Lipinski definition) is 8. The van der Waals surface area contributed by atoms with Crippen molar-refractivity contribution in [2.45, 2.75) is 12.1 Å². The predicted octanol–water partition coefficient (Wildman–Crippen LogP) is 3.63. The summed E-state index contributed by atoms with van der Waals surface area (Å²) >= 11 is 1.15. The fourth-order valence-electron chi connectivity index (χ4n) is 2.94. The van der Waals surface area contributed by atoms with Gasteiger partial charge >= 0.3 is 0 Å². The van der Waals surface area contributed by atoms with Crippen molar-refractivity contribution in [3.63, 3.8) is 0 Å². The number of nitrogens with zero attached hydrogens (tertiary/aromatic N) is 5. The van der Waals surface area contributed by atoms with Crippen LogP contribution >= 0.6 is 11.8 Å². The van der Waals surface area contributed by atoms with Crippen LogP contribution in [0.1, 0.15) is 17.3 Å². The number of ketones is 1. The third-order valence-corrected chi connectivity index (χ3v) is 5.39. The molecule has 1 N–H and O–H groups in total. The highest BCUT2D eigenvalue weighted by Gasteiger charge is 2.14. The smallest absolute Gasteiger partial charge is 0.270 e. The lowest BCUT2D eigenvalue weighted by molar-refractivity contribution is -0.384. The average molecular weight is 448 g/mol. The third kappa shape index (κ3) is 4.62. The number of rotatable bonds is 7. The number of hydrogen-bond donors (Lipinski definition) is 1. The van der Waals surface area contributed by atoms with E-state index in [0.29, 0.717) is 33.3 Å². The lowest BCUT2D eigenvalue weighted by Crippen LogP contribution is -2.14. The summed E-state index contributed by atoms with van der Waals surface area (Å²) in [4.78, 5) is 34.4. The van der Waals surface area contributed by atoms with Gasteiger partial charge in [-0.25, -0.2) is 0 Å². The molecule has 0 aliphatic carbocycles. The molecule has 2 heterocycles. The molecule has 0 unspecified atom stereocenters. The maximum Gasteiger partial charge on any atom is 0.270 e. The predicted molar refractivity (Wildman–Crippen MR) is 119 cm³/mol. The fraction of sp³-hybridized carbons (Fsp3) is 0.0952. The summed E-state index contributed by atoms with van der Waals surface area (Å²) in [6.45, 7) is 1.46. The molecule has 0 saturated carbocycles. The monoisotopic (exact) mass is 448 g/mol. The van der Waals surface area contributed by atoms with Gasteiger partial charge in [0.1, 0.15) is 0 Å². The van der Waals surface area contributed by atoms with Crippen LogP contribution in [0.2, 0.25) is 0 Å². The number of anilines is 1. The topological polar surface area (TPSA) is 132 Å². The molecule has 2 aromatic heterocycles. The number of benzene rings is 2. The first-order valence-corrected chi connectivity index (χ1v) is 10.4. The second kappa shape index (κ2) is 8.94. The van der Waals surface area contributed by atoms with Gasteiger partial charge in [0, 0.05) is 28.9 Å². The molecule has 10 nitrogen and oxygen atoms in total. The molecule has 0 fully saturated rings. The number of nitrogens with one attached hydrogen (secondary N) is 1. The van der Waals surface area contributed by atoms with Gasteiger partial charge in [-0.05, 0) is 31.2 Å². The molecule has 0 atom stereocenters. The number of aromatic nitrogens is 4. The van der Waals surface area contributed by atoms with E-state index in [0.717, 1.165) is 11.8 Å². The van der Waals surface area contributed by atoms with Crippen molar-refractivity contribution in [1.29, 1.82) is 0 Å². The largest absolute Gasteiger partial charge is 0.325 e. The van der Waals surface area contributed by atoms with E-state index in [1.54, 1.807) is 48.5 Å². The molecule has 0 aliphatic rings. The van der Waals surface area contributed by atoms with Crippen LogP contribution in [0.3, 0.4) is 0 Å². The van der Waals surface area contributed by atoms with Gasteiger partial charge in [-0.2, -0.15) is 9.61 Å². The maximum absolute atomic E-state index is 12.4. The molecule has 2 aromatic carbocycles. The van der Waals surface area contributed by atoms with Crippen molar-refractivity contribution < 1.29 is 14.5 Å². The van der Waals surface area contributed by atoms with Crippen LogP contribution in [0, 0.1) is 10.1 Å². The summed E-state index contributed by atoms with van der Waals surface area (Å²) in [5.74, 6) is -0.313. The van der Waals surface area contributed by atoms with Crippen LogP contribution in [0.5, 0.6) is 0 Å². The number of carbonyl (C=O) groups is 2. The summed E-state index contributed by atoms with van der Waals surface area (Å²) in [6.07, 6.45) is 0. The second-order valence-electron chi connectivity index (χ2n) is 6.75. The normalized spacial score (nSPS) is 10.8. The minimum absolute atomic E-state index is 0.0340. The number of nitro groups is 1. The molecule has 0 radical (unpaired) electrons. The minimum Gasteiger partial charge on any atom is -0.325 e. The Balaban J connectivity index is 1.50. The van der Waals surface area contributed by atoms with Crippen molar-refractivity contribution in [3.8, 4) is 11.3 Å².